The lowest BCUT2D eigenvalue weighted by Crippen LogP contribution is -2.35. The van der Waals surface area contributed by atoms with Crippen LogP contribution >= 0.6 is 0 Å². The molecule has 5 nitrogen and oxygen atoms in total. The van der Waals surface area contributed by atoms with Crippen molar-refractivity contribution in [1.82, 2.24) is 14.9 Å². The summed E-state index contributed by atoms with van der Waals surface area (Å²) in [6.07, 6.45) is 3.55. The lowest BCUT2D eigenvalue weighted by molar-refractivity contribution is 0.408. The molecule has 0 unspecified atom stereocenters. The van der Waals surface area contributed by atoms with E-state index in [9.17, 15) is 0 Å². The van der Waals surface area contributed by atoms with E-state index in [0.717, 1.165) is 43.9 Å². The minimum Gasteiger partial charge on any atom is -0.383 e. The highest BCUT2D eigenvalue weighted by atomic mass is 15.2. The Morgan fingerprint density at radius 2 is 1.90 bits per heavy atom. The van der Waals surface area contributed by atoms with Crippen LogP contribution < -0.4 is 10.6 Å². The van der Waals surface area contributed by atoms with E-state index in [4.69, 9.17) is 5.73 Å². The standard InChI is InChI=1S/C15H29N5/c1-6-7-13-14(16)17-11-18-15(13)20(10-12(2)3)9-8-19(4)5/h11-12H,6-10H2,1-5H3,(H2,16,17,18). The van der Waals surface area contributed by atoms with Gasteiger partial charge in [0.1, 0.15) is 18.0 Å². The van der Waals surface area contributed by atoms with Crippen molar-refractivity contribution < 1.29 is 0 Å². The summed E-state index contributed by atoms with van der Waals surface area (Å²) in [6.45, 7) is 9.56. The second-order valence-electron chi connectivity index (χ2n) is 5.95. The third kappa shape index (κ3) is 4.96. The molecule has 0 spiro atoms. The zero-order chi connectivity index (χ0) is 15.1. The quantitative estimate of drug-likeness (QED) is 0.789. The maximum atomic E-state index is 6.04. The van der Waals surface area contributed by atoms with Gasteiger partial charge < -0.3 is 15.5 Å². The fraction of sp³-hybridized carbons (Fsp3) is 0.733. The Kier molecular flexibility index (Phi) is 6.71. The van der Waals surface area contributed by atoms with Crippen LogP contribution in [-0.2, 0) is 6.42 Å². The predicted octanol–water partition coefficient (Wildman–Crippen LogP) is 2.04. The molecule has 0 aliphatic rings. The molecule has 1 rings (SSSR count). The summed E-state index contributed by atoms with van der Waals surface area (Å²) < 4.78 is 0. The van der Waals surface area contributed by atoms with Crippen LogP contribution in [0.2, 0.25) is 0 Å². The van der Waals surface area contributed by atoms with Gasteiger partial charge in [-0.1, -0.05) is 27.2 Å². The average molecular weight is 279 g/mol. The van der Waals surface area contributed by atoms with E-state index >= 15 is 0 Å². The molecular formula is C15H29N5. The molecule has 0 saturated carbocycles. The van der Waals surface area contributed by atoms with Gasteiger partial charge in [0.25, 0.3) is 0 Å². The number of rotatable bonds is 8. The number of nitrogens with zero attached hydrogens (tertiary/aromatic N) is 4. The molecule has 0 radical (unpaired) electrons. The molecule has 0 aliphatic heterocycles. The fourth-order valence-corrected chi connectivity index (χ4v) is 2.22. The zero-order valence-corrected chi connectivity index (χ0v) is 13.6. The van der Waals surface area contributed by atoms with Gasteiger partial charge in [-0.2, -0.15) is 0 Å². The largest absolute Gasteiger partial charge is 0.383 e. The number of anilines is 2. The van der Waals surface area contributed by atoms with Crippen molar-refractivity contribution in [3.8, 4) is 0 Å². The lowest BCUT2D eigenvalue weighted by Gasteiger charge is -2.29. The summed E-state index contributed by atoms with van der Waals surface area (Å²) >= 11 is 0. The maximum absolute atomic E-state index is 6.04. The second kappa shape index (κ2) is 8.04. The van der Waals surface area contributed by atoms with Gasteiger partial charge >= 0.3 is 0 Å². The highest BCUT2D eigenvalue weighted by molar-refractivity contribution is 5.56. The Hall–Kier alpha value is -1.36. The number of aromatic nitrogens is 2. The van der Waals surface area contributed by atoms with Gasteiger partial charge in [0.05, 0.1) is 0 Å². The molecule has 1 heterocycles. The van der Waals surface area contributed by atoms with Gasteiger partial charge in [0, 0.05) is 25.2 Å². The van der Waals surface area contributed by atoms with Crippen LogP contribution in [0.5, 0.6) is 0 Å². The normalized spacial score (nSPS) is 11.3. The van der Waals surface area contributed by atoms with Crippen molar-refractivity contribution in [3.05, 3.63) is 11.9 Å². The van der Waals surface area contributed by atoms with Crippen LogP contribution in [0.1, 0.15) is 32.8 Å². The Morgan fingerprint density at radius 3 is 2.45 bits per heavy atom. The van der Waals surface area contributed by atoms with E-state index in [1.54, 1.807) is 6.33 Å². The third-order valence-corrected chi connectivity index (χ3v) is 3.16. The van der Waals surface area contributed by atoms with E-state index in [1.807, 2.05) is 0 Å². The van der Waals surface area contributed by atoms with Crippen LogP contribution in [0.15, 0.2) is 6.33 Å². The maximum Gasteiger partial charge on any atom is 0.137 e. The summed E-state index contributed by atoms with van der Waals surface area (Å²) in [5.74, 6) is 2.22. The van der Waals surface area contributed by atoms with Crippen LogP contribution in [-0.4, -0.2) is 48.6 Å². The van der Waals surface area contributed by atoms with Gasteiger partial charge in [-0.25, -0.2) is 9.97 Å². The molecule has 20 heavy (non-hydrogen) atoms. The molecule has 114 valence electrons. The van der Waals surface area contributed by atoms with Crippen LogP contribution in [0.4, 0.5) is 11.6 Å². The molecule has 0 atom stereocenters. The van der Waals surface area contributed by atoms with Gasteiger partial charge in [-0.05, 0) is 26.4 Å². The van der Waals surface area contributed by atoms with Crippen molar-refractivity contribution >= 4 is 11.6 Å². The van der Waals surface area contributed by atoms with Crippen molar-refractivity contribution in [1.29, 1.82) is 0 Å². The SMILES string of the molecule is CCCc1c(N)ncnc1N(CCN(C)C)CC(C)C. The number of hydrogen-bond acceptors (Lipinski definition) is 5. The molecule has 0 aromatic carbocycles. The highest BCUT2D eigenvalue weighted by Crippen LogP contribution is 2.23. The highest BCUT2D eigenvalue weighted by Gasteiger charge is 2.16. The summed E-state index contributed by atoms with van der Waals surface area (Å²) in [6, 6.07) is 0. The van der Waals surface area contributed by atoms with Crippen molar-refractivity contribution in [3.63, 3.8) is 0 Å². The predicted molar refractivity (Wildman–Crippen MR) is 86.0 cm³/mol. The summed E-state index contributed by atoms with van der Waals surface area (Å²) in [5.41, 5.74) is 7.14. The van der Waals surface area contributed by atoms with E-state index < -0.39 is 0 Å². The first kappa shape index (κ1) is 16.7. The fourth-order valence-electron chi connectivity index (χ4n) is 2.22. The minimum absolute atomic E-state index is 0.586. The van der Waals surface area contributed by atoms with Crippen molar-refractivity contribution in [2.75, 3.05) is 44.4 Å². The molecule has 0 amide bonds. The van der Waals surface area contributed by atoms with E-state index in [2.05, 4.69) is 54.6 Å². The molecule has 0 saturated heterocycles. The summed E-state index contributed by atoms with van der Waals surface area (Å²) in [5, 5.41) is 0. The monoisotopic (exact) mass is 279 g/mol. The third-order valence-electron chi connectivity index (χ3n) is 3.16. The number of hydrogen-bond donors (Lipinski definition) is 1. The number of likely N-dealkylation sites (N-methyl/N-ethyl adjacent to an activating group) is 1. The molecule has 1 aromatic heterocycles. The van der Waals surface area contributed by atoms with Gasteiger partial charge in [0.15, 0.2) is 0 Å². The molecule has 2 N–H and O–H groups in total. The Bertz CT molecular complexity index is 403. The van der Waals surface area contributed by atoms with Gasteiger partial charge in [0.2, 0.25) is 0 Å². The van der Waals surface area contributed by atoms with E-state index in [0.29, 0.717) is 11.7 Å². The van der Waals surface area contributed by atoms with E-state index in [-0.39, 0.29) is 0 Å². The zero-order valence-electron chi connectivity index (χ0n) is 13.6. The Morgan fingerprint density at radius 1 is 1.20 bits per heavy atom. The molecule has 5 heteroatoms. The lowest BCUT2D eigenvalue weighted by atomic mass is 10.1. The molecule has 0 fully saturated rings. The Labute approximate surface area is 123 Å². The minimum atomic E-state index is 0.586. The first-order valence-electron chi connectivity index (χ1n) is 7.44. The average Bonchev–Trinajstić information content (AvgIpc) is 2.36. The van der Waals surface area contributed by atoms with Crippen molar-refractivity contribution in [2.24, 2.45) is 5.92 Å². The first-order valence-corrected chi connectivity index (χ1v) is 7.44. The number of nitrogen functional groups attached to an aromatic ring is 1. The smallest absolute Gasteiger partial charge is 0.137 e. The second-order valence-corrected chi connectivity index (χ2v) is 5.95. The van der Waals surface area contributed by atoms with Crippen LogP contribution in [0, 0.1) is 5.92 Å². The summed E-state index contributed by atoms with van der Waals surface area (Å²) in [7, 11) is 4.18. The molecule has 0 aliphatic carbocycles. The Balaban J connectivity index is 3.02. The van der Waals surface area contributed by atoms with E-state index in [1.165, 1.54) is 0 Å². The summed E-state index contributed by atoms with van der Waals surface area (Å²) in [4.78, 5) is 13.2. The van der Waals surface area contributed by atoms with Crippen LogP contribution in [0.3, 0.4) is 0 Å². The van der Waals surface area contributed by atoms with Crippen LogP contribution in [0.25, 0.3) is 0 Å². The van der Waals surface area contributed by atoms with Gasteiger partial charge in [-0.15, -0.1) is 0 Å². The van der Waals surface area contributed by atoms with Gasteiger partial charge in [-0.3, -0.25) is 0 Å². The molecular weight excluding hydrogens is 250 g/mol. The first-order chi connectivity index (χ1) is 9.45. The molecule has 0 bridgehead atoms. The molecule has 1 aromatic rings. The van der Waals surface area contributed by atoms with Crippen molar-refractivity contribution in [2.45, 2.75) is 33.6 Å². The topological polar surface area (TPSA) is 58.3 Å². The number of nitrogens with two attached hydrogens (primary N) is 1.